The highest BCUT2D eigenvalue weighted by molar-refractivity contribution is 5.83. The fraction of sp³-hybridized carbons (Fsp3) is 0.550. The van der Waals surface area contributed by atoms with E-state index in [0.717, 1.165) is 12.8 Å². The molecule has 3 heterocycles. The van der Waals surface area contributed by atoms with Gasteiger partial charge in [-0.1, -0.05) is 5.92 Å². The minimum Gasteiger partial charge on any atom is -0.453 e. The predicted octanol–water partition coefficient (Wildman–Crippen LogP) is -0.225. The molecule has 4 N–H and O–H groups in total. The molecule has 2 amide bonds. The molecule has 1 aliphatic carbocycles. The number of nitrogens with one attached hydrogen (secondary N) is 1. The van der Waals surface area contributed by atoms with Crippen LogP contribution in [0.4, 0.5) is 10.6 Å². The van der Waals surface area contributed by atoms with Crippen LogP contribution in [0.1, 0.15) is 38.2 Å². The molecule has 3 atom stereocenters. The Morgan fingerprint density at radius 1 is 1.44 bits per heavy atom. The normalized spacial score (nSPS) is 22.3. The van der Waals surface area contributed by atoms with Crippen LogP contribution in [0.3, 0.4) is 0 Å². The molecule has 0 spiro atoms. The third kappa shape index (κ3) is 4.44. The Labute approximate surface area is 184 Å². The molecule has 12 heteroatoms. The first-order chi connectivity index (χ1) is 15.4. The number of imidazole rings is 1. The summed E-state index contributed by atoms with van der Waals surface area (Å²) < 4.78 is 12.1. The summed E-state index contributed by atoms with van der Waals surface area (Å²) in [5.41, 5.74) is 6.69. The van der Waals surface area contributed by atoms with Crippen LogP contribution >= 0.6 is 0 Å². The molecule has 2 aliphatic rings. The number of hydrogen-bond acceptors (Lipinski definition) is 9. The molecule has 1 aliphatic heterocycles. The number of hydrogen-bond donors (Lipinski definition) is 3. The Bertz CT molecular complexity index is 1090. The minimum atomic E-state index is -0.925. The monoisotopic (exact) mass is 443 g/mol. The lowest BCUT2D eigenvalue weighted by atomic mass is 10.2. The molecule has 170 valence electrons. The van der Waals surface area contributed by atoms with Crippen LogP contribution in [-0.4, -0.2) is 80.0 Å². The average Bonchev–Trinajstić information content (AvgIpc) is 3.35. The maximum atomic E-state index is 12.3. The smallest absolute Gasteiger partial charge is 0.410 e. The Morgan fingerprint density at radius 3 is 2.91 bits per heavy atom. The molecule has 32 heavy (non-hydrogen) atoms. The zero-order valence-corrected chi connectivity index (χ0v) is 17.8. The van der Waals surface area contributed by atoms with Crippen molar-refractivity contribution >= 4 is 29.0 Å². The van der Waals surface area contributed by atoms with Gasteiger partial charge in [-0.25, -0.2) is 19.7 Å². The molecule has 12 nitrogen and oxygen atoms in total. The Morgan fingerprint density at radius 2 is 2.22 bits per heavy atom. The summed E-state index contributed by atoms with van der Waals surface area (Å²) in [5, 5.41) is 13.4. The van der Waals surface area contributed by atoms with Crippen molar-refractivity contribution < 1.29 is 24.2 Å². The van der Waals surface area contributed by atoms with Crippen LogP contribution in [0.25, 0.3) is 11.2 Å². The van der Waals surface area contributed by atoms with Gasteiger partial charge >= 0.3 is 6.09 Å². The molecule has 1 saturated carbocycles. The standard InChI is InChI=1S/C20H25N7O5/c1-3-26(20(30)31-2)8-4-5-14-24-16(21)15-17(25-14)27(10-22-15)19-12(28)9-13(32-19)18(29)23-11-6-7-11/h10-13,19,28H,3,6-9H2,1-2H3,(H,23,29)(H2,21,24,25)/t12-,13-,19+/m0/s1. The molecule has 1 saturated heterocycles. The molecular weight excluding hydrogens is 418 g/mol. The number of nitrogens with zero attached hydrogens (tertiary/aromatic N) is 5. The van der Waals surface area contributed by atoms with Gasteiger partial charge in [0.15, 0.2) is 17.7 Å². The SMILES string of the molecule is CCN(CC#Cc1nc(N)c2ncn([C@@H]3O[C@H](C(=O)NC4CC4)C[C@@H]3O)c2n1)C(=O)OC. The first-order valence-corrected chi connectivity index (χ1v) is 10.4. The number of amides is 2. The minimum absolute atomic E-state index is 0.119. The van der Waals surface area contributed by atoms with Crippen LogP contribution in [-0.2, 0) is 14.3 Å². The van der Waals surface area contributed by atoms with E-state index in [1.807, 2.05) is 6.92 Å². The zero-order chi connectivity index (χ0) is 22.8. The lowest BCUT2D eigenvalue weighted by Gasteiger charge is -2.17. The zero-order valence-electron chi connectivity index (χ0n) is 17.8. The van der Waals surface area contributed by atoms with Gasteiger partial charge in [0.2, 0.25) is 11.7 Å². The summed E-state index contributed by atoms with van der Waals surface area (Å²) in [6, 6.07) is 0.202. The molecule has 0 aromatic carbocycles. The largest absolute Gasteiger partial charge is 0.453 e. The van der Waals surface area contributed by atoms with E-state index in [1.54, 1.807) is 0 Å². The first-order valence-electron chi connectivity index (χ1n) is 10.4. The van der Waals surface area contributed by atoms with Crippen LogP contribution in [0.15, 0.2) is 6.33 Å². The Balaban J connectivity index is 1.55. The van der Waals surface area contributed by atoms with Gasteiger partial charge in [-0.15, -0.1) is 0 Å². The maximum Gasteiger partial charge on any atom is 0.410 e. The fourth-order valence-corrected chi connectivity index (χ4v) is 3.42. The summed E-state index contributed by atoms with van der Waals surface area (Å²) >= 11 is 0. The maximum absolute atomic E-state index is 12.3. The van der Waals surface area contributed by atoms with Gasteiger partial charge in [0.05, 0.1) is 20.0 Å². The molecular formula is C20H25N7O5. The second kappa shape index (κ2) is 8.97. The lowest BCUT2D eigenvalue weighted by Crippen LogP contribution is -2.35. The number of ether oxygens (including phenoxy) is 2. The van der Waals surface area contributed by atoms with Gasteiger partial charge in [0.25, 0.3) is 0 Å². The van der Waals surface area contributed by atoms with Gasteiger partial charge in [-0.2, -0.15) is 0 Å². The number of methoxy groups -OCH3 is 1. The lowest BCUT2D eigenvalue weighted by molar-refractivity contribution is -0.134. The molecule has 2 aromatic rings. The fourth-order valence-electron chi connectivity index (χ4n) is 3.42. The summed E-state index contributed by atoms with van der Waals surface area (Å²) in [6.45, 7) is 2.37. The number of aliphatic hydroxyl groups excluding tert-OH is 1. The summed E-state index contributed by atoms with van der Waals surface area (Å²) in [7, 11) is 1.30. The number of carbonyl (C=O) groups excluding carboxylic acids is 2. The molecule has 0 radical (unpaired) electrons. The second-order valence-electron chi connectivity index (χ2n) is 7.64. The molecule has 0 bridgehead atoms. The predicted molar refractivity (Wildman–Crippen MR) is 112 cm³/mol. The van der Waals surface area contributed by atoms with Crippen LogP contribution in [0, 0.1) is 11.8 Å². The van der Waals surface area contributed by atoms with Crippen molar-refractivity contribution in [1.29, 1.82) is 0 Å². The highest BCUT2D eigenvalue weighted by Gasteiger charge is 2.41. The van der Waals surface area contributed by atoms with Crippen LogP contribution < -0.4 is 11.1 Å². The van der Waals surface area contributed by atoms with Crippen molar-refractivity contribution in [1.82, 2.24) is 29.7 Å². The number of aliphatic hydroxyl groups is 1. The van der Waals surface area contributed by atoms with Gasteiger partial charge in [0, 0.05) is 19.0 Å². The van der Waals surface area contributed by atoms with Gasteiger partial charge in [-0.3, -0.25) is 14.3 Å². The number of nitrogen functional groups attached to an aromatic ring is 1. The molecule has 2 fully saturated rings. The van der Waals surface area contributed by atoms with E-state index in [4.69, 9.17) is 15.2 Å². The summed E-state index contributed by atoms with van der Waals surface area (Å²) in [4.78, 5) is 38.2. The molecule has 4 rings (SSSR count). The van der Waals surface area contributed by atoms with Crippen LogP contribution in [0.5, 0.6) is 0 Å². The quantitative estimate of drug-likeness (QED) is 0.531. The van der Waals surface area contributed by atoms with Crippen molar-refractivity contribution in [2.75, 3.05) is 25.9 Å². The van der Waals surface area contributed by atoms with E-state index in [9.17, 15) is 14.7 Å². The number of anilines is 1. The number of nitrogens with two attached hydrogens (primary N) is 1. The number of fused-ring (bicyclic) bond motifs is 1. The van der Waals surface area contributed by atoms with Crippen molar-refractivity contribution in [3.8, 4) is 11.8 Å². The third-order valence-electron chi connectivity index (χ3n) is 5.31. The van der Waals surface area contributed by atoms with E-state index in [2.05, 4.69) is 32.1 Å². The first kappa shape index (κ1) is 21.8. The summed E-state index contributed by atoms with van der Waals surface area (Å²) in [5.74, 6) is 5.63. The van der Waals surface area contributed by atoms with Crippen LogP contribution in [0.2, 0.25) is 0 Å². The second-order valence-corrected chi connectivity index (χ2v) is 7.64. The number of aromatic nitrogens is 4. The van der Waals surface area contributed by atoms with E-state index >= 15 is 0 Å². The van der Waals surface area contributed by atoms with Gasteiger partial charge in [-0.05, 0) is 25.7 Å². The van der Waals surface area contributed by atoms with E-state index in [0.29, 0.717) is 17.7 Å². The van der Waals surface area contributed by atoms with Gasteiger partial charge < -0.3 is 25.6 Å². The Hall–Kier alpha value is -3.43. The van der Waals surface area contributed by atoms with Crippen molar-refractivity contribution in [2.24, 2.45) is 0 Å². The molecule has 2 aromatic heterocycles. The van der Waals surface area contributed by atoms with Crippen molar-refractivity contribution in [3.05, 3.63) is 12.2 Å². The van der Waals surface area contributed by atoms with Gasteiger partial charge in [0.1, 0.15) is 17.7 Å². The average molecular weight is 443 g/mol. The number of rotatable bonds is 5. The summed E-state index contributed by atoms with van der Waals surface area (Å²) in [6.07, 6.45) is 0.520. The number of carbonyl (C=O) groups is 2. The van der Waals surface area contributed by atoms with E-state index in [1.165, 1.54) is 22.9 Å². The Kier molecular flexibility index (Phi) is 6.11. The van der Waals surface area contributed by atoms with Crippen molar-refractivity contribution in [3.63, 3.8) is 0 Å². The van der Waals surface area contributed by atoms with E-state index in [-0.39, 0.29) is 36.6 Å². The van der Waals surface area contributed by atoms with E-state index < -0.39 is 24.5 Å². The topological polar surface area (TPSA) is 158 Å². The highest BCUT2D eigenvalue weighted by atomic mass is 16.5. The highest BCUT2D eigenvalue weighted by Crippen LogP contribution is 2.32. The third-order valence-corrected chi connectivity index (χ3v) is 5.31. The molecule has 0 unspecified atom stereocenters. The van der Waals surface area contributed by atoms with Crippen molar-refractivity contribution in [2.45, 2.75) is 50.7 Å².